The largest absolute Gasteiger partial charge is 0.482 e. The molecule has 0 fully saturated rings. The minimum Gasteiger partial charge on any atom is -0.482 e. The average molecular weight is 410 g/mol. The van der Waals surface area contributed by atoms with E-state index in [4.69, 9.17) is 16.3 Å². The lowest BCUT2D eigenvalue weighted by molar-refractivity contribution is -0.118. The van der Waals surface area contributed by atoms with Crippen LogP contribution in [0, 0.1) is 0 Å². The summed E-state index contributed by atoms with van der Waals surface area (Å²) < 4.78 is 33.0. The predicted octanol–water partition coefficient (Wildman–Crippen LogP) is 2.08. The van der Waals surface area contributed by atoms with Crippen molar-refractivity contribution < 1.29 is 17.9 Å². The Morgan fingerprint density at radius 1 is 1.26 bits per heavy atom. The maximum atomic E-state index is 12.6. The Bertz CT molecular complexity index is 935. The molecule has 0 radical (unpaired) electrons. The van der Waals surface area contributed by atoms with Crippen molar-refractivity contribution in [3.05, 3.63) is 53.1 Å². The van der Waals surface area contributed by atoms with Gasteiger partial charge in [0.1, 0.15) is 10.6 Å². The highest BCUT2D eigenvalue weighted by Gasteiger charge is 2.24. The second kappa shape index (κ2) is 8.26. The Labute approximate surface area is 163 Å². The quantitative estimate of drug-likeness (QED) is 0.731. The highest BCUT2D eigenvalue weighted by Crippen LogP contribution is 2.35. The molecule has 0 bridgehead atoms. The predicted molar refractivity (Wildman–Crippen MR) is 104 cm³/mol. The van der Waals surface area contributed by atoms with Crippen LogP contribution < -0.4 is 14.8 Å². The molecule has 1 amide bonds. The van der Waals surface area contributed by atoms with Crippen LogP contribution in [0.1, 0.15) is 5.56 Å². The van der Waals surface area contributed by atoms with Crippen LogP contribution in [0.25, 0.3) is 0 Å². The van der Waals surface area contributed by atoms with E-state index in [1.54, 1.807) is 0 Å². The zero-order valence-corrected chi connectivity index (χ0v) is 16.3. The molecule has 0 aromatic heterocycles. The molecule has 0 unspecified atom stereocenters. The van der Waals surface area contributed by atoms with Crippen LogP contribution in [0.5, 0.6) is 5.75 Å². The fraction of sp³-hybridized carbons (Fsp3) is 0.278. The molecule has 0 aliphatic carbocycles. The number of anilines is 1. The lowest BCUT2D eigenvalue weighted by Gasteiger charge is -2.20. The number of rotatable bonds is 7. The molecule has 0 saturated carbocycles. The molecule has 1 aliphatic rings. The third-order valence-corrected chi connectivity index (χ3v) is 5.96. The smallest absolute Gasteiger partial charge is 0.262 e. The zero-order valence-electron chi connectivity index (χ0n) is 14.7. The van der Waals surface area contributed by atoms with Crippen molar-refractivity contribution in [1.29, 1.82) is 0 Å². The third-order valence-electron chi connectivity index (χ3n) is 4.04. The Kier molecular flexibility index (Phi) is 6.01. The van der Waals surface area contributed by atoms with Gasteiger partial charge in [0.15, 0.2) is 6.61 Å². The van der Waals surface area contributed by atoms with Crippen molar-refractivity contribution in [3.8, 4) is 5.75 Å². The van der Waals surface area contributed by atoms with Gasteiger partial charge >= 0.3 is 0 Å². The number of nitrogens with one attached hydrogen (secondary N) is 2. The molecular formula is C18H20ClN3O4S. The Morgan fingerprint density at radius 3 is 2.74 bits per heavy atom. The molecule has 2 aromatic rings. The molecule has 0 atom stereocenters. The number of sulfonamides is 1. The summed E-state index contributed by atoms with van der Waals surface area (Å²) in [5, 5.41) is 2.61. The second-order valence-electron chi connectivity index (χ2n) is 6.24. The van der Waals surface area contributed by atoms with E-state index < -0.39 is 10.0 Å². The fourth-order valence-corrected chi connectivity index (χ4v) is 4.27. The van der Waals surface area contributed by atoms with Gasteiger partial charge in [-0.05, 0) is 18.7 Å². The van der Waals surface area contributed by atoms with Gasteiger partial charge in [0.25, 0.3) is 5.91 Å². The molecule has 0 saturated heterocycles. The monoisotopic (exact) mass is 409 g/mol. The maximum absolute atomic E-state index is 12.6. The van der Waals surface area contributed by atoms with Gasteiger partial charge in [0.05, 0.1) is 10.7 Å². The van der Waals surface area contributed by atoms with Crippen LogP contribution in [0.3, 0.4) is 0 Å². The van der Waals surface area contributed by atoms with Gasteiger partial charge in [-0.15, -0.1) is 0 Å². The van der Waals surface area contributed by atoms with E-state index in [1.807, 2.05) is 42.3 Å². The van der Waals surface area contributed by atoms with Crippen molar-refractivity contribution in [2.75, 3.05) is 32.1 Å². The first-order valence-electron chi connectivity index (χ1n) is 8.33. The molecule has 144 valence electrons. The standard InChI is InChI=1S/C18H20ClN3O4S/c1-22(11-13-5-3-2-4-6-13)8-7-20-27(24,25)17-10-16-15(9-14(17)19)21-18(23)12-26-16/h2-6,9-10,20H,7-8,11-12H2,1H3,(H,21,23). The zero-order chi connectivity index (χ0) is 19.4. The SMILES string of the molecule is CN(CCNS(=O)(=O)c1cc2c(cc1Cl)NC(=O)CO2)Cc1ccccc1. The first-order valence-corrected chi connectivity index (χ1v) is 10.2. The number of halogens is 1. The minimum absolute atomic E-state index is 0.0182. The average Bonchev–Trinajstić information content (AvgIpc) is 2.61. The molecule has 2 N–H and O–H groups in total. The summed E-state index contributed by atoms with van der Waals surface area (Å²) in [6.45, 7) is 1.32. The third kappa shape index (κ3) is 4.98. The summed E-state index contributed by atoms with van der Waals surface area (Å²) in [6.07, 6.45) is 0. The molecule has 1 aliphatic heterocycles. The van der Waals surface area contributed by atoms with Crippen LogP contribution in [-0.2, 0) is 21.4 Å². The van der Waals surface area contributed by atoms with Gasteiger partial charge in [-0.1, -0.05) is 41.9 Å². The number of hydrogen-bond donors (Lipinski definition) is 2. The van der Waals surface area contributed by atoms with Crippen LogP contribution >= 0.6 is 11.6 Å². The lowest BCUT2D eigenvalue weighted by atomic mass is 10.2. The van der Waals surface area contributed by atoms with E-state index in [9.17, 15) is 13.2 Å². The van der Waals surface area contributed by atoms with Gasteiger partial charge in [0.2, 0.25) is 10.0 Å². The number of hydrogen-bond acceptors (Lipinski definition) is 5. The summed E-state index contributed by atoms with van der Waals surface area (Å²) in [6, 6.07) is 12.6. The number of nitrogens with zero attached hydrogens (tertiary/aromatic N) is 1. The van der Waals surface area contributed by atoms with Gasteiger partial charge < -0.3 is 15.0 Å². The van der Waals surface area contributed by atoms with Gasteiger partial charge in [-0.2, -0.15) is 0 Å². The molecule has 1 heterocycles. The highest BCUT2D eigenvalue weighted by molar-refractivity contribution is 7.89. The first kappa shape index (κ1) is 19.6. The summed E-state index contributed by atoms with van der Waals surface area (Å²) >= 11 is 6.11. The Morgan fingerprint density at radius 2 is 2.00 bits per heavy atom. The van der Waals surface area contributed by atoms with Crippen LogP contribution in [0.2, 0.25) is 5.02 Å². The second-order valence-corrected chi connectivity index (χ2v) is 8.38. The van der Waals surface area contributed by atoms with Crippen molar-refractivity contribution in [2.24, 2.45) is 0 Å². The Balaban J connectivity index is 1.62. The molecule has 3 rings (SSSR count). The van der Waals surface area contributed by atoms with Gasteiger partial charge in [-0.25, -0.2) is 13.1 Å². The lowest BCUT2D eigenvalue weighted by Crippen LogP contribution is -2.33. The normalized spacial score (nSPS) is 13.8. The summed E-state index contributed by atoms with van der Waals surface area (Å²) in [5.41, 5.74) is 1.51. The van der Waals surface area contributed by atoms with Gasteiger partial charge in [0, 0.05) is 25.7 Å². The number of fused-ring (bicyclic) bond motifs is 1. The number of benzene rings is 2. The summed E-state index contributed by atoms with van der Waals surface area (Å²) in [5.74, 6) is -0.0330. The molecular weight excluding hydrogens is 390 g/mol. The van der Waals surface area contributed by atoms with Crippen molar-refractivity contribution in [1.82, 2.24) is 9.62 Å². The van der Waals surface area contributed by atoms with E-state index in [1.165, 1.54) is 12.1 Å². The van der Waals surface area contributed by atoms with Crippen molar-refractivity contribution in [3.63, 3.8) is 0 Å². The number of amides is 1. The number of carbonyl (C=O) groups is 1. The minimum atomic E-state index is -3.81. The number of ether oxygens (including phenoxy) is 1. The van der Waals surface area contributed by atoms with Gasteiger partial charge in [-0.3, -0.25) is 4.79 Å². The summed E-state index contributed by atoms with van der Waals surface area (Å²) in [4.78, 5) is 13.3. The number of likely N-dealkylation sites (N-methyl/N-ethyl adjacent to an activating group) is 1. The maximum Gasteiger partial charge on any atom is 0.262 e. The van der Waals surface area contributed by atoms with E-state index in [0.717, 1.165) is 12.1 Å². The van der Waals surface area contributed by atoms with E-state index >= 15 is 0 Å². The van der Waals surface area contributed by atoms with E-state index in [-0.39, 0.29) is 34.7 Å². The molecule has 27 heavy (non-hydrogen) atoms. The molecule has 2 aromatic carbocycles. The molecule has 7 nitrogen and oxygen atoms in total. The summed E-state index contributed by atoms with van der Waals surface area (Å²) in [7, 11) is -1.89. The van der Waals surface area contributed by atoms with Crippen LogP contribution in [0.15, 0.2) is 47.4 Å². The fourth-order valence-electron chi connectivity index (χ4n) is 2.71. The van der Waals surface area contributed by atoms with Crippen molar-refractivity contribution >= 4 is 33.2 Å². The van der Waals surface area contributed by atoms with Crippen molar-refractivity contribution in [2.45, 2.75) is 11.4 Å². The Hall–Kier alpha value is -2.13. The van der Waals surface area contributed by atoms with E-state index in [0.29, 0.717) is 12.2 Å². The van der Waals surface area contributed by atoms with E-state index in [2.05, 4.69) is 10.0 Å². The number of carbonyl (C=O) groups excluding carboxylic acids is 1. The molecule has 9 heteroatoms. The first-order chi connectivity index (χ1) is 12.8. The molecule has 0 spiro atoms. The highest BCUT2D eigenvalue weighted by atomic mass is 35.5. The van der Waals surface area contributed by atoms with Crippen LogP contribution in [-0.4, -0.2) is 46.0 Å². The topological polar surface area (TPSA) is 87.7 Å². The van der Waals surface area contributed by atoms with Crippen LogP contribution in [0.4, 0.5) is 5.69 Å².